The number of aryl methyl sites for hydroxylation is 1. The van der Waals surface area contributed by atoms with E-state index in [1.807, 2.05) is 0 Å². The molecular formula is C13H13N3O3. The van der Waals surface area contributed by atoms with Crippen LogP contribution in [0, 0.1) is 0 Å². The molecular weight excluding hydrogens is 246 g/mol. The fourth-order valence-electron chi connectivity index (χ4n) is 1.89. The van der Waals surface area contributed by atoms with Gasteiger partial charge in [0.1, 0.15) is 13.2 Å². The van der Waals surface area contributed by atoms with Gasteiger partial charge in [0.05, 0.1) is 0 Å². The number of benzene rings is 1. The van der Waals surface area contributed by atoms with E-state index in [-0.39, 0.29) is 5.91 Å². The number of amides is 1. The molecule has 0 radical (unpaired) electrons. The van der Waals surface area contributed by atoms with Gasteiger partial charge in [0.15, 0.2) is 17.3 Å². The van der Waals surface area contributed by atoms with Crippen LogP contribution >= 0.6 is 0 Å². The summed E-state index contributed by atoms with van der Waals surface area (Å²) < 4.78 is 12.5. The van der Waals surface area contributed by atoms with Gasteiger partial charge in [-0.1, -0.05) is 0 Å². The maximum atomic E-state index is 12.0. The molecule has 0 saturated heterocycles. The van der Waals surface area contributed by atoms with Gasteiger partial charge in [0.2, 0.25) is 0 Å². The van der Waals surface area contributed by atoms with Crippen LogP contribution in [0.25, 0.3) is 0 Å². The van der Waals surface area contributed by atoms with E-state index in [1.165, 1.54) is 0 Å². The number of fused-ring (bicyclic) bond motifs is 1. The predicted molar refractivity (Wildman–Crippen MR) is 68.6 cm³/mol. The first-order valence-electron chi connectivity index (χ1n) is 5.92. The number of carbonyl (C=O) groups excluding carboxylic acids is 1. The molecule has 0 fully saturated rings. The molecule has 19 heavy (non-hydrogen) atoms. The number of rotatable bonds is 2. The van der Waals surface area contributed by atoms with Gasteiger partial charge in [-0.05, 0) is 12.1 Å². The van der Waals surface area contributed by atoms with Gasteiger partial charge in [-0.25, -0.2) is 4.98 Å². The molecule has 2 heterocycles. The molecule has 1 N–H and O–H groups in total. The zero-order valence-corrected chi connectivity index (χ0v) is 10.4. The molecule has 1 aliphatic rings. The van der Waals surface area contributed by atoms with Crippen molar-refractivity contribution >= 4 is 11.6 Å². The standard InChI is InChI=1S/C13H13N3O3/c1-16-5-4-14-12(16)13(17)15-9-2-3-10-11(8-9)19-7-6-18-10/h2-5,8H,6-7H2,1H3,(H,15,17). The average molecular weight is 259 g/mol. The van der Waals surface area contributed by atoms with E-state index < -0.39 is 0 Å². The van der Waals surface area contributed by atoms with E-state index in [4.69, 9.17) is 9.47 Å². The number of aromatic nitrogens is 2. The Hall–Kier alpha value is -2.50. The van der Waals surface area contributed by atoms with Crippen molar-refractivity contribution in [2.24, 2.45) is 7.05 Å². The number of hydrogen-bond acceptors (Lipinski definition) is 4. The summed E-state index contributed by atoms with van der Waals surface area (Å²) in [5, 5.41) is 2.78. The molecule has 2 aromatic rings. The van der Waals surface area contributed by atoms with Crippen molar-refractivity contribution < 1.29 is 14.3 Å². The summed E-state index contributed by atoms with van der Waals surface area (Å²) in [7, 11) is 1.77. The summed E-state index contributed by atoms with van der Waals surface area (Å²) in [6, 6.07) is 5.30. The number of nitrogens with zero attached hydrogens (tertiary/aromatic N) is 2. The lowest BCUT2D eigenvalue weighted by atomic mass is 10.2. The van der Waals surface area contributed by atoms with E-state index in [9.17, 15) is 4.79 Å². The molecule has 0 atom stereocenters. The second kappa shape index (κ2) is 4.64. The minimum absolute atomic E-state index is 0.260. The zero-order chi connectivity index (χ0) is 13.2. The van der Waals surface area contributed by atoms with Crippen LogP contribution in [0.15, 0.2) is 30.6 Å². The van der Waals surface area contributed by atoms with E-state index >= 15 is 0 Å². The SMILES string of the molecule is Cn1ccnc1C(=O)Nc1ccc2c(c1)OCCO2. The Labute approximate surface area is 110 Å². The topological polar surface area (TPSA) is 65.4 Å². The molecule has 0 saturated carbocycles. The number of hydrogen-bond donors (Lipinski definition) is 1. The van der Waals surface area contributed by atoms with Gasteiger partial charge < -0.3 is 19.4 Å². The van der Waals surface area contributed by atoms with Gasteiger partial charge in [0, 0.05) is 31.2 Å². The molecule has 1 aliphatic heterocycles. The van der Waals surface area contributed by atoms with E-state index in [1.54, 1.807) is 42.2 Å². The molecule has 6 nitrogen and oxygen atoms in total. The highest BCUT2D eigenvalue weighted by Crippen LogP contribution is 2.32. The maximum Gasteiger partial charge on any atom is 0.291 e. The van der Waals surface area contributed by atoms with Gasteiger partial charge in [0.25, 0.3) is 5.91 Å². The molecule has 6 heteroatoms. The Bertz CT molecular complexity index is 621. The number of carbonyl (C=O) groups is 1. The van der Waals surface area contributed by atoms with Gasteiger partial charge in [-0.3, -0.25) is 4.79 Å². The van der Waals surface area contributed by atoms with Crippen LogP contribution < -0.4 is 14.8 Å². The number of imidazole rings is 1. The third-order valence-corrected chi connectivity index (χ3v) is 2.82. The Kier molecular flexibility index (Phi) is 2.83. The molecule has 1 aromatic carbocycles. The summed E-state index contributed by atoms with van der Waals surface area (Å²) in [5.41, 5.74) is 0.650. The lowest BCUT2D eigenvalue weighted by Gasteiger charge is -2.18. The normalized spacial score (nSPS) is 13.1. The summed E-state index contributed by atoms with van der Waals surface area (Å²) in [6.07, 6.45) is 3.30. The van der Waals surface area contributed by atoms with Crippen molar-refractivity contribution in [1.82, 2.24) is 9.55 Å². The lowest BCUT2D eigenvalue weighted by Crippen LogP contribution is -2.18. The number of anilines is 1. The van der Waals surface area contributed by atoms with Crippen molar-refractivity contribution in [3.05, 3.63) is 36.4 Å². The van der Waals surface area contributed by atoms with E-state index in [0.717, 1.165) is 0 Å². The van der Waals surface area contributed by atoms with Crippen molar-refractivity contribution in [3.8, 4) is 11.5 Å². The number of ether oxygens (including phenoxy) is 2. The lowest BCUT2D eigenvalue weighted by molar-refractivity contribution is 0.101. The predicted octanol–water partition coefficient (Wildman–Crippen LogP) is 1.44. The Morgan fingerprint density at radius 2 is 2.11 bits per heavy atom. The van der Waals surface area contributed by atoms with Crippen LogP contribution in [0.5, 0.6) is 11.5 Å². The Balaban J connectivity index is 1.80. The van der Waals surface area contributed by atoms with Gasteiger partial charge in [-0.2, -0.15) is 0 Å². The molecule has 0 bridgehead atoms. The highest BCUT2D eigenvalue weighted by Gasteiger charge is 2.15. The quantitative estimate of drug-likeness (QED) is 0.886. The van der Waals surface area contributed by atoms with E-state index in [2.05, 4.69) is 10.3 Å². The molecule has 98 valence electrons. The molecule has 0 aliphatic carbocycles. The second-order valence-electron chi connectivity index (χ2n) is 4.17. The minimum Gasteiger partial charge on any atom is -0.486 e. The smallest absolute Gasteiger partial charge is 0.291 e. The summed E-state index contributed by atoms with van der Waals surface area (Å²) in [6.45, 7) is 1.07. The fourth-order valence-corrected chi connectivity index (χ4v) is 1.89. The van der Waals surface area contributed by atoms with Crippen LogP contribution in [-0.4, -0.2) is 28.7 Å². The van der Waals surface area contributed by atoms with Crippen LogP contribution in [0.2, 0.25) is 0 Å². The van der Waals surface area contributed by atoms with Crippen molar-refractivity contribution in [2.75, 3.05) is 18.5 Å². The molecule has 1 aromatic heterocycles. The molecule has 3 rings (SSSR count). The Morgan fingerprint density at radius 3 is 2.84 bits per heavy atom. The van der Waals surface area contributed by atoms with Crippen molar-refractivity contribution in [1.29, 1.82) is 0 Å². The van der Waals surface area contributed by atoms with Crippen LogP contribution in [0.4, 0.5) is 5.69 Å². The third kappa shape index (κ3) is 2.24. The minimum atomic E-state index is -0.260. The van der Waals surface area contributed by atoms with Gasteiger partial charge >= 0.3 is 0 Å². The highest BCUT2D eigenvalue weighted by molar-refractivity contribution is 6.01. The highest BCUT2D eigenvalue weighted by atomic mass is 16.6. The number of nitrogens with one attached hydrogen (secondary N) is 1. The molecule has 1 amide bonds. The Morgan fingerprint density at radius 1 is 1.32 bits per heavy atom. The monoisotopic (exact) mass is 259 g/mol. The van der Waals surface area contributed by atoms with Crippen LogP contribution in [0.1, 0.15) is 10.6 Å². The molecule has 0 spiro atoms. The first-order valence-corrected chi connectivity index (χ1v) is 5.92. The third-order valence-electron chi connectivity index (χ3n) is 2.82. The van der Waals surface area contributed by atoms with Crippen molar-refractivity contribution in [2.45, 2.75) is 0 Å². The van der Waals surface area contributed by atoms with Gasteiger partial charge in [-0.15, -0.1) is 0 Å². The summed E-state index contributed by atoms with van der Waals surface area (Å²) >= 11 is 0. The first kappa shape index (κ1) is 11.6. The summed E-state index contributed by atoms with van der Waals surface area (Å²) in [5.74, 6) is 1.43. The van der Waals surface area contributed by atoms with Crippen LogP contribution in [-0.2, 0) is 7.05 Å². The second-order valence-corrected chi connectivity index (χ2v) is 4.17. The molecule has 0 unspecified atom stereocenters. The van der Waals surface area contributed by atoms with Crippen LogP contribution in [0.3, 0.4) is 0 Å². The average Bonchev–Trinajstić information content (AvgIpc) is 2.85. The first-order chi connectivity index (χ1) is 9.24. The fraction of sp³-hybridized carbons (Fsp3) is 0.231. The van der Waals surface area contributed by atoms with E-state index in [0.29, 0.717) is 36.2 Å². The summed E-state index contributed by atoms with van der Waals surface area (Å²) in [4.78, 5) is 16.0. The van der Waals surface area contributed by atoms with Crippen molar-refractivity contribution in [3.63, 3.8) is 0 Å². The maximum absolute atomic E-state index is 12.0. The zero-order valence-electron chi connectivity index (χ0n) is 10.4. The largest absolute Gasteiger partial charge is 0.486 e.